The quantitative estimate of drug-likeness (QED) is 0.737. The van der Waals surface area contributed by atoms with E-state index in [2.05, 4.69) is 25.2 Å². The fourth-order valence-corrected chi connectivity index (χ4v) is 4.84. The average Bonchev–Trinajstić information content (AvgIpc) is 3.47. The molecule has 3 aliphatic rings. The molecule has 1 aliphatic carbocycles. The van der Waals surface area contributed by atoms with E-state index in [1.165, 1.54) is 0 Å². The van der Waals surface area contributed by atoms with Crippen LogP contribution in [0.15, 0.2) is 30.7 Å². The van der Waals surface area contributed by atoms with Gasteiger partial charge in [0, 0.05) is 44.8 Å². The lowest BCUT2D eigenvalue weighted by Crippen LogP contribution is -2.44. The number of hydrogen-bond donors (Lipinski definition) is 2. The van der Waals surface area contributed by atoms with Crippen LogP contribution in [-0.4, -0.2) is 57.8 Å². The third kappa shape index (κ3) is 3.87. The molecule has 1 unspecified atom stereocenters. The summed E-state index contributed by atoms with van der Waals surface area (Å²) in [5.41, 5.74) is 6.77. The summed E-state index contributed by atoms with van der Waals surface area (Å²) in [6.07, 6.45) is 10.4. The van der Waals surface area contributed by atoms with Gasteiger partial charge in [-0.05, 0) is 50.7 Å². The predicted molar refractivity (Wildman–Crippen MR) is 121 cm³/mol. The zero-order valence-electron chi connectivity index (χ0n) is 18.2. The lowest BCUT2D eigenvalue weighted by Gasteiger charge is -2.34. The monoisotopic (exact) mass is 435 g/mol. The van der Waals surface area contributed by atoms with E-state index >= 15 is 0 Å². The van der Waals surface area contributed by atoms with Crippen molar-refractivity contribution >= 4 is 29.1 Å². The highest BCUT2D eigenvalue weighted by atomic mass is 16.2. The van der Waals surface area contributed by atoms with Crippen LogP contribution in [0.25, 0.3) is 0 Å². The summed E-state index contributed by atoms with van der Waals surface area (Å²) in [5.74, 6) is 1.16. The number of pyridine rings is 1. The molecule has 3 N–H and O–H groups in total. The smallest absolute Gasteiger partial charge is 0.236 e. The molecule has 4 heterocycles. The molecule has 2 saturated heterocycles. The molecule has 2 aromatic heterocycles. The van der Waals surface area contributed by atoms with Gasteiger partial charge in [0.2, 0.25) is 11.8 Å². The minimum absolute atomic E-state index is 0.00552. The molecule has 9 nitrogen and oxygen atoms in total. The van der Waals surface area contributed by atoms with Crippen molar-refractivity contribution in [3.8, 4) is 0 Å². The third-order valence-electron chi connectivity index (χ3n) is 6.91. The van der Waals surface area contributed by atoms with E-state index in [-0.39, 0.29) is 23.6 Å². The first kappa shape index (κ1) is 20.7. The number of aromatic nitrogens is 3. The molecule has 0 aromatic carbocycles. The lowest BCUT2D eigenvalue weighted by molar-refractivity contribution is -0.134. The molecule has 32 heavy (non-hydrogen) atoms. The van der Waals surface area contributed by atoms with Gasteiger partial charge in [0.15, 0.2) is 0 Å². The number of carbonyl (C=O) groups excluding carboxylic acids is 2. The SMILES string of the molecule is Nc1nc(N2CCCC(C(=O)N3CCCC3)C2)ccc1NC(=O)C1(c2cnccn2)CC1. The molecule has 2 amide bonds. The van der Waals surface area contributed by atoms with Gasteiger partial charge in [-0.15, -0.1) is 0 Å². The van der Waals surface area contributed by atoms with Crippen molar-refractivity contribution in [2.24, 2.45) is 5.92 Å². The zero-order chi connectivity index (χ0) is 22.1. The van der Waals surface area contributed by atoms with Gasteiger partial charge in [0.1, 0.15) is 11.6 Å². The van der Waals surface area contributed by atoms with E-state index in [9.17, 15) is 9.59 Å². The van der Waals surface area contributed by atoms with Crippen molar-refractivity contribution < 1.29 is 9.59 Å². The molecule has 0 bridgehead atoms. The fourth-order valence-electron chi connectivity index (χ4n) is 4.84. The Bertz CT molecular complexity index is 1000. The number of nitrogen functional groups attached to an aromatic ring is 1. The number of nitrogens with one attached hydrogen (secondary N) is 1. The summed E-state index contributed by atoms with van der Waals surface area (Å²) in [6, 6.07) is 3.67. The van der Waals surface area contributed by atoms with Crippen LogP contribution in [0.1, 0.15) is 44.2 Å². The minimum Gasteiger partial charge on any atom is -0.382 e. The number of rotatable bonds is 5. The van der Waals surface area contributed by atoms with Crippen molar-refractivity contribution in [1.29, 1.82) is 0 Å². The van der Waals surface area contributed by atoms with Crippen molar-refractivity contribution in [3.05, 3.63) is 36.4 Å². The molecular weight excluding hydrogens is 406 g/mol. The predicted octanol–water partition coefficient (Wildman–Crippen LogP) is 1.96. The van der Waals surface area contributed by atoms with E-state index < -0.39 is 5.41 Å². The van der Waals surface area contributed by atoms with Crippen LogP contribution in [0.2, 0.25) is 0 Å². The van der Waals surface area contributed by atoms with Gasteiger partial charge >= 0.3 is 0 Å². The molecular formula is C23H29N7O2. The summed E-state index contributed by atoms with van der Waals surface area (Å²) in [7, 11) is 0. The Labute approximate surface area is 187 Å². The fraction of sp³-hybridized carbons (Fsp3) is 0.522. The van der Waals surface area contributed by atoms with E-state index in [0.717, 1.165) is 64.0 Å². The van der Waals surface area contributed by atoms with Crippen LogP contribution >= 0.6 is 0 Å². The highest BCUT2D eigenvalue weighted by molar-refractivity contribution is 6.02. The van der Waals surface area contributed by atoms with Gasteiger partial charge in [-0.3, -0.25) is 19.6 Å². The first-order valence-electron chi connectivity index (χ1n) is 11.4. The second-order valence-electron chi connectivity index (χ2n) is 9.05. The van der Waals surface area contributed by atoms with Crippen LogP contribution in [0, 0.1) is 5.92 Å². The highest BCUT2D eigenvalue weighted by Gasteiger charge is 2.53. The molecule has 0 radical (unpaired) electrons. The van der Waals surface area contributed by atoms with E-state index in [0.29, 0.717) is 17.9 Å². The van der Waals surface area contributed by atoms with Gasteiger partial charge in [0.05, 0.1) is 22.7 Å². The molecule has 1 saturated carbocycles. The summed E-state index contributed by atoms with van der Waals surface area (Å²) in [5, 5.41) is 2.93. The molecule has 3 fully saturated rings. The zero-order valence-corrected chi connectivity index (χ0v) is 18.2. The molecule has 2 aliphatic heterocycles. The van der Waals surface area contributed by atoms with Crippen molar-refractivity contribution in [3.63, 3.8) is 0 Å². The van der Waals surface area contributed by atoms with Gasteiger partial charge in [-0.1, -0.05) is 0 Å². The van der Waals surface area contributed by atoms with Crippen LogP contribution in [-0.2, 0) is 15.0 Å². The standard InChI is InChI=1S/C23H29N7O2/c24-20-17(27-22(32)23(7-8-23)18-14-25-9-10-26-18)5-6-19(28-20)30-13-3-4-16(15-30)21(31)29-11-1-2-12-29/h5-6,9-10,14,16H,1-4,7-8,11-13,15H2,(H2,24,28)(H,27,32). The molecule has 0 spiro atoms. The lowest BCUT2D eigenvalue weighted by atomic mass is 9.96. The first-order valence-corrected chi connectivity index (χ1v) is 11.4. The maximum absolute atomic E-state index is 13.0. The summed E-state index contributed by atoms with van der Waals surface area (Å²) in [6.45, 7) is 3.26. The van der Waals surface area contributed by atoms with Crippen molar-refractivity contribution in [2.75, 3.05) is 42.1 Å². The Balaban J connectivity index is 1.26. The molecule has 5 rings (SSSR count). The van der Waals surface area contributed by atoms with Gasteiger partial charge in [0.25, 0.3) is 0 Å². The van der Waals surface area contributed by atoms with Crippen molar-refractivity contribution in [2.45, 2.75) is 43.9 Å². The number of likely N-dealkylation sites (tertiary alicyclic amines) is 1. The Morgan fingerprint density at radius 2 is 1.91 bits per heavy atom. The number of amides is 2. The Morgan fingerprint density at radius 1 is 1.09 bits per heavy atom. The van der Waals surface area contributed by atoms with Crippen LogP contribution in [0.3, 0.4) is 0 Å². The Morgan fingerprint density at radius 3 is 2.59 bits per heavy atom. The number of anilines is 3. The largest absolute Gasteiger partial charge is 0.382 e. The van der Waals surface area contributed by atoms with Crippen molar-refractivity contribution in [1.82, 2.24) is 19.9 Å². The second-order valence-corrected chi connectivity index (χ2v) is 9.05. The number of piperidine rings is 1. The maximum Gasteiger partial charge on any atom is 0.236 e. The average molecular weight is 436 g/mol. The molecule has 168 valence electrons. The summed E-state index contributed by atoms with van der Waals surface area (Å²) in [4.78, 5) is 42.9. The topological polar surface area (TPSA) is 117 Å². The van der Waals surface area contributed by atoms with Gasteiger partial charge in [-0.2, -0.15) is 0 Å². The molecule has 2 aromatic rings. The number of nitrogens with zero attached hydrogens (tertiary/aromatic N) is 5. The first-order chi connectivity index (χ1) is 15.6. The summed E-state index contributed by atoms with van der Waals surface area (Å²) < 4.78 is 0. The number of hydrogen-bond acceptors (Lipinski definition) is 7. The third-order valence-corrected chi connectivity index (χ3v) is 6.91. The van der Waals surface area contributed by atoms with Crippen LogP contribution in [0.4, 0.5) is 17.3 Å². The van der Waals surface area contributed by atoms with Crippen LogP contribution in [0.5, 0.6) is 0 Å². The minimum atomic E-state index is -0.630. The number of nitrogens with two attached hydrogens (primary N) is 1. The Kier molecular flexibility index (Phi) is 5.40. The van der Waals surface area contributed by atoms with Gasteiger partial charge < -0.3 is 20.9 Å². The highest BCUT2D eigenvalue weighted by Crippen LogP contribution is 2.48. The molecule has 9 heteroatoms. The summed E-state index contributed by atoms with van der Waals surface area (Å²) >= 11 is 0. The van der Waals surface area contributed by atoms with E-state index in [1.54, 1.807) is 24.7 Å². The Hall–Kier alpha value is -3.23. The maximum atomic E-state index is 13.0. The normalized spacial score (nSPS) is 21.9. The van der Waals surface area contributed by atoms with Crippen LogP contribution < -0.4 is 16.0 Å². The van der Waals surface area contributed by atoms with E-state index in [4.69, 9.17) is 5.73 Å². The second kappa shape index (κ2) is 8.37. The molecule has 1 atom stereocenters. The van der Waals surface area contributed by atoms with E-state index in [1.807, 2.05) is 11.0 Å². The van der Waals surface area contributed by atoms with Gasteiger partial charge in [-0.25, -0.2) is 4.98 Å². The number of carbonyl (C=O) groups is 2.